The van der Waals surface area contributed by atoms with Crippen molar-refractivity contribution in [3.8, 4) is 0 Å². The van der Waals surface area contributed by atoms with E-state index in [0.717, 1.165) is 5.56 Å². The van der Waals surface area contributed by atoms with Gasteiger partial charge in [-0.05, 0) is 12.0 Å². The van der Waals surface area contributed by atoms with Gasteiger partial charge in [0.25, 0.3) is 0 Å². The third kappa shape index (κ3) is 4.22. The van der Waals surface area contributed by atoms with E-state index in [9.17, 15) is 9.59 Å². The minimum Gasteiger partial charge on any atom is -0.374 e. The monoisotopic (exact) mass is 383 g/mol. The Kier molecular flexibility index (Phi) is 5.66. The van der Waals surface area contributed by atoms with Gasteiger partial charge in [-0.15, -0.1) is 0 Å². The molecule has 2 saturated heterocycles. The predicted molar refractivity (Wildman–Crippen MR) is 101 cm³/mol. The minimum absolute atomic E-state index is 0.0885. The highest BCUT2D eigenvalue weighted by Crippen LogP contribution is 2.25. The van der Waals surface area contributed by atoms with Crippen LogP contribution in [0, 0.1) is 0 Å². The van der Waals surface area contributed by atoms with E-state index < -0.39 is 0 Å². The van der Waals surface area contributed by atoms with Gasteiger partial charge < -0.3 is 14.5 Å². The molecule has 148 valence electrons. The van der Waals surface area contributed by atoms with Crippen LogP contribution < -0.4 is 0 Å². The number of hydrogen-bond acceptors (Lipinski definition) is 5. The van der Waals surface area contributed by atoms with E-state index in [1.54, 1.807) is 11.0 Å². The number of aromatic nitrogens is 3. The van der Waals surface area contributed by atoms with Crippen molar-refractivity contribution in [1.82, 2.24) is 24.6 Å². The number of likely N-dealkylation sites (tertiary alicyclic amines) is 1. The summed E-state index contributed by atoms with van der Waals surface area (Å²) in [5.41, 5.74) is 1.09. The van der Waals surface area contributed by atoms with Crippen LogP contribution in [-0.2, 0) is 27.4 Å². The molecule has 1 aromatic carbocycles. The highest BCUT2D eigenvalue weighted by Gasteiger charge is 2.42. The molecule has 0 spiro atoms. The molecule has 0 radical (unpaired) electrons. The van der Waals surface area contributed by atoms with Gasteiger partial charge in [-0.3, -0.25) is 14.3 Å². The molecule has 1 aromatic heterocycles. The van der Waals surface area contributed by atoms with E-state index in [1.807, 2.05) is 40.1 Å². The number of hydrogen-bond donors (Lipinski definition) is 0. The number of benzene rings is 1. The third-order valence-corrected chi connectivity index (χ3v) is 5.40. The molecule has 2 atom stereocenters. The van der Waals surface area contributed by atoms with Crippen molar-refractivity contribution in [2.75, 3.05) is 19.7 Å². The zero-order chi connectivity index (χ0) is 19.3. The number of aryl methyl sites for hydroxylation is 1. The molecule has 4 rings (SSSR count). The van der Waals surface area contributed by atoms with Crippen molar-refractivity contribution in [3.05, 3.63) is 48.5 Å². The number of nitrogens with zero attached hydrogens (tertiary/aromatic N) is 5. The smallest absolute Gasteiger partial charge is 0.225 e. The van der Waals surface area contributed by atoms with Crippen molar-refractivity contribution in [3.63, 3.8) is 0 Å². The van der Waals surface area contributed by atoms with Crippen molar-refractivity contribution in [1.29, 1.82) is 0 Å². The summed E-state index contributed by atoms with van der Waals surface area (Å²) in [6.45, 7) is 2.72. The fourth-order valence-electron chi connectivity index (χ4n) is 3.93. The van der Waals surface area contributed by atoms with Crippen LogP contribution >= 0.6 is 0 Å². The Balaban J connectivity index is 1.38. The second kappa shape index (κ2) is 8.52. The van der Waals surface area contributed by atoms with Crippen LogP contribution in [0.1, 0.15) is 24.8 Å². The Morgan fingerprint density at radius 1 is 1.21 bits per heavy atom. The molecular weight excluding hydrogens is 358 g/mol. The molecule has 2 fully saturated rings. The minimum atomic E-state index is -0.116. The van der Waals surface area contributed by atoms with Crippen LogP contribution in [0.2, 0.25) is 0 Å². The number of amides is 2. The SMILES string of the molecule is O=C(CCCn1cncn1)N1C[C@@H]2OCCC(=O)N(Cc3ccccc3)[C@H]2C1. The fourth-order valence-corrected chi connectivity index (χ4v) is 3.93. The molecule has 2 amide bonds. The normalized spacial score (nSPS) is 22.2. The number of carbonyl (C=O) groups excluding carboxylic acids is 2. The van der Waals surface area contributed by atoms with Gasteiger partial charge in [0, 0.05) is 32.6 Å². The van der Waals surface area contributed by atoms with E-state index in [-0.39, 0.29) is 24.0 Å². The van der Waals surface area contributed by atoms with E-state index in [1.165, 1.54) is 6.33 Å². The Bertz CT molecular complexity index is 795. The largest absolute Gasteiger partial charge is 0.374 e. The Morgan fingerprint density at radius 3 is 2.86 bits per heavy atom. The zero-order valence-corrected chi connectivity index (χ0v) is 15.8. The topological polar surface area (TPSA) is 80.6 Å². The molecule has 3 heterocycles. The van der Waals surface area contributed by atoms with Crippen LogP contribution in [0.3, 0.4) is 0 Å². The van der Waals surface area contributed by atoms with Crippen LogP contribution in [0.5, 0.6) is 0 Å². The molecule has 0 unspecified atom stereocenters. The highest BCUT2D eigenvalue weighted by molar-refractivity contribution is 5.79. The lowest BCUT2D eigenvalue weighted by Gasteiger charge is -2.29. The average molecular weight is 383 g/mol. The quantitative estimate of drug-likeness (QED) is 0.746. The van der Waals surface area contributed by atoms with Crippen LogP contribution in [0.15, 0.2) is 43.0 Å². The van der Waals surface area contributed by atoms with Crippen LogP contribution in [-0.4, -0.2) is 68.2 Å². The van der Waals surface area contributed by atoms with Gasteiger partial charge in [0.05, 0.1) is 25.2 Å². The standard InChI is InChI=1S/C20H25N5O3/c26-19(7-4-9-24-15-21-14-22-24)23-12-17-18(13-23)28-10-8-20(27)25(17)11-16-5-2-1-3-6-16/h1-3,5-6,14-15,17-18H,4,7-13H2/t17-,18-/m0/s1. The summed E-state index contributed by atoms with van der Waals surface area (Å²) in [4.78, 5) is 33.0. The molecule has 2 aliphatic rings. The molecule has 0 saturated carbocycles. The van der Waals surface area contributed by atoms with Gasteiger partial charge in [0.1, 0.15) is 12.7 Å². The van der Waals surface area contributed by atoms with E-state index >= 15 is 0 Å². The molecule has 2 aliphatic heterocycles. The molecule has 8 heteroatoms. The first-order chi connectivity index (χ1) is 13.7. The zero-order valence-electron chi connectivity index (χ0n) is 15.8. The molecule has 0 N–H and O–H groups in total. The number of fused-ring (bicyclic) bond motifs is 1. The van der Waals surface area contributed by atoms with Gasteiger partial charge >= 0.3 is 0 Å². The first-order valence-electron chi connectivity index (χ1n) is 9.76. The molecular formula is C20H25N5O3. The van der Waals surface area contributed by atoms with Crippen LogP contribution in [0.4, 0.5) is 0 Å². The third-order valence-electron chi connectivity index (χ3n) is 5.40. The second-order valence-corrected chi connectivity index (χ2v) is 7.29. The number of carbonyl (C=O) groups is 2. The summed E-state index contributed by atoms with van der Waals surface area (Å²) in [7, 11) is 0. The molecule has 0 aliphatic carbocycles. The first kappa shape index (κ1) is 18.6. The summed E-state index contributed by atoms with van der Waals surface area (Å²) >= 11 is 0. The van der Waals surface area contributed by atoms with E-state index in [4.69, 9.17) is 4.74 Å². The Labute approximate surface area is 164 Å². The predicted octanol–water partition coefficient (Wildman–Crippen LogP) is 1.09. The van der Waals surface area contributed by atoms with Crippen molar-refractivity contribution < 1.29 is 14.3 Å². The second-order valence-electron chi connectivity index (χ2n) is 7.29. The summed E-state index contributed by atoms with van der Waals surface area (Å²) in [6.07, 6.45) is 4.58. The molecule has 2 aromatic rings. The lowest BCUT2D eigenvalue weighted by molar-refractivity contribution is -0.135. The summed E-state index contributed by atoms with van der Waals surface area (Å²) in [5.74, 6) is 0.195. The van der Waals surface area contributed by atoms with Crippen molar-refractivity contribution in [2.45, 2.75) is 44.5 Å². The van der Waals surface area contributed by atoms with Gasteiger partial charge in [-0.1, -0.05) is 30.3 Å². The lowest BCUT2D eigenvalue weighted by Crippen LogP contribution is -2.45. The highest BCUT2D eigenvalue weighted by atomic mass is 16.5. The van der Waals surface area contributed by atoms with Crippen molar-refractivity contribution in [2.24, 2.45) is 0 Å². The van der Waals surface area contributed by atoms with E-state index in [2.05, 4.69) is 10.1 Å². The maximum absolute atomic E-state index is 12.7. The maximum atomic E-state index is 12.7. The van der Waals surface area contributed by atoms with Crippen molar-refractivity contribution >= 4 is 11.8 Å². The molecule has 8 nitrogen and oxygen atoms in total. The maximum Gasteiger partial charge on any atom is 0.225 e. The summed E-state index contributed by atoms with van der Waals surface area (Å²) in [6, 6.07) is 9.88. The Morgan fingerprint density at radius 2 is 2.07 bits per heavy atom. The number of ether oxygens (including phenoxy) is 1. The van der Waals surface area contributed by atoms with Gasteiger partial charge in [0.2, 0.25) is 11.8 Å². The van der Waals surface area contributed by atoms with Crippen LogP contribution in [0.25, 0.3) is 0 Å². The average Bonchev–Trinajstić information content (AvgIpc) is 3.34. The molecule has 28 heavy (non-hydrogen) atoms. The first-order valence-corrected chi connectivity index (χ1v) is 9.76. The van der Waals surface area contributed by atoms with E-state index in [0.29, 0.717) is 52.0 Å². The number of rotatable bonds is 6. The summed E-state index contributed by atoms with van der Waals surface area (Å²) in [5, 5.41) is 4.05. The lowest BCUT2D eigenvalue weighted by atomic mass is 10.1. The summed E-state index contributed by atoms with van der Waals surface area (Å²) < 4.78 is 7.66. The Hall–Kier alpha value is -2.74. The fraction of sp³-hybridized carbons (Fsp3) is 0.500. The molecule has 0 bridgehead atoms. The van der Waals surface area contributed by atoms with Gasteiger partial charge in [-0.2, -0.15) is 5.10 Å². The van der Waals surface area contributed by atoms with Gasteiger partial charge in [-0.25, -0.2) is 4.98 Å². The van der Waals surface area contributed by atoms with Gasteiger partial charge in [0.15, 0.2) is 0 Å².